The molecular weight excluding hydrogens is 254 g/mol. The summed E-state index contributed by atoms with van der Waals surface area (Å²) >= 11 is 0. The van der Waals surface area contributed by atoms with Crippen LogP contribution in [-0.2, 0) is 20.3 Å². The quantitative estimate of drug-likeness (QED) is 0.847. The Balaban J connectivity index is 2.39. The molecule has 0 aromatic heterocycles. The molecule has 0 saturated carbocycles. The van der Waals surface area contributed by atoms with Gasteiger partial charge < -0.3 is 10.1 Å². The maximum absolute atomic E-state index is 11.7. The van der Waals surface area contributed by atoms with Gasteiger partial charge in [-0.15, -0.1) is 0 Å². The third-order valence-electron chi connectivity index (χ3n) is 2.19. The van der Waals surface area contributed by atoms with Crippen LogP contribution in [0.3, 0.4) is 0 Å². The highest BCUT2D eigenvalue weighted by Crippen LogP contribution is 2.05. The Bertz CT molecular complexity index is 470. The Kier molecular flexibility index (Phi) is 5.64. The number of benzene rings is 1. The van der Waals surface area contributed by atoms with Crippen LogP contribution in [-0.4, -0.2) is 33.4 Å². The molecule has 100 valence electrons. The van der Waals surface area contributed by atoms with Crippen molar-refractivity contribution in [3.63, 3.8) is 0 Å². The fourth-order valence-corrected chi connectivity index (χ4v) is 2.65. The van der Waals surface area contributed by atoms with Crippen molar-refractivity contribution in [3.8, 4) is 0 Å². The lowest BCUT2D eigenvalue weighted by Crippen LogP contribution is -2.30. The van der Waals surface area contributed by atoms with Crippen LogP contribution in [0.1, 0.15) is 12.5 Å². The van der Waals surface area contributed by atoms with Crippen LogP contribution in [0, 0.1) is 0 Å². The van der Waals surface area contributed by atoms with Gasteiger partial charge in [0, 0.05) is 6.54 Å². The number of hydrogen-bond donors (Lipinski definition) is 1. The highest BCUT2D eigenvalue weighted by atomic mass is 32.2. The minimum atomic E-state index is -3.22. The monoisotopic (exact) mass is 271 g/mol. The molecule has 0 radical (unpaired) electrons. The van der Waals surface area contributed by atoms with E-state index in [1.165, 1.54) is 0 Å². The zero-order chi connectivity index (χ0) is 13.4. The van der Waals surface area contributed by atoms with Gasteiger partial charge >= 0.3 is 6.09 Å². The average Bonchev–Trinajstić information content (AvgIpc) is 2.29. The maximum atomic E-state index is 11.7. The van der Waals surface area contributed by atoms with E-state index in [1.54, 1.807) is 31.2 Å². The molecule has 18 heavy (non-hydrogen) atoms. The van der Waals surface area contributed by atoms with E-state index in [1.807, 2.05) is 6.07 Å². The van der Waals surface area contributed by atoms with E-state index >= 15 is 0 Å². The molecule has 0 atom stereocenters. The molecule has 1 aromatic carbocycles. The van der Waals surface area contributed by atoms with Crippen molar-refractivity contribution in [1.29, 1.82) is 0 Å². The Hall–Kier alpha value is -1.56. The fourth-order valence-electron chi connectivity index (χ4n) is 1.39. The normalized spacial score (nSPS) is 10.9. The number of carbonyl (C=O) groups excluding carboxylic acids is 1. The van der Waals surface area contributed by atoms with Crippen molar-refractivity contribution in [3.05, 3.63) is 35.9 Å². The molecule has 0 aliphatic heterocycles. The van der Waals surface area contributed by atoms with Gasteiger partial charge in [-0.2, -0.15) is 0 Å². The molecule has 1 N–H and O–H groups in total. The second kappa shape index (κ2) is 7.00. The number of alkyl carbamates (subject to hydrolysis) is 1. The summed E-state index contributed by atoms with van der Waals surface area (Å²) in [7, 11) is -3.22. The number of hydrogen-bond acceptors (Lipinski definition) is 4. The third-order valence-corrected chi connectivity index (χ3v) is 3.79. The maximum Gasteiger partial charge on any atom is 0.407 e. The minimum Gasteiger partial charge on any atom is -0.450 e. The standard InChI is InChI=1S/C12H17NO4S/c1-2-17-12(14)13-8-9-18(15,16)10-11-6-4-3-5-7-11/h3-7H,2,8-10H2,1H3,(H,13,14). The van der Waals surface area contributed by atoms with Gasteiger partial charge in [-0.05, 0) is 12.5 Å². The first-order valence-corrected chi connectivity index (χ1v) is 7.50. The first-order chi connectivity index (χ1) is 8.53. The molecule has 0 aliphatic rings. The van der Waals surface area contributed by atoms with E-state index < -0.39 is 15.9 Å². The molecule has 0 unspecified atom stereocenters. The summed E-state index contributed by atoms with van der Waals surface area (Å²) in [6.07, 6.45) is -0.590. The Morgan fingerprint density at radius 1 is 1.28 bits per heavy atom. The van der Waals surface area contributed by atoms with Crippen LogP contribution in [0.15, 0.2) is 30.3 Å². The molecule has 6 heteroatoms. The molecule has 0 fully saturated rings. The van der Waals surface area contributed by atoms with Gasteiger partial charge in [-0.25, -0.2) is 13.2 Å². The van der Waals surface area contributed by atoms with Gasteiger partial charge in [0.1, 0.15) is 0 Å². The van der Waals surface area contributed by atoms with Crippen molar-refractivity contribution in [2.45, 2.75) is 12.7 Å². The number of sulfone groups is 1. The number of carbonyl (C=O) groups is 1. The minimum absolute atomic E-state index is 0.0155. The summed E-state index contributed by atoms with van der Waals surface area (Å²) in [5.74, 6) is -0.112. The van der Waals surface area contributed by atoms with Gasteiger partial charge in [0.05, 0.1) is 18.1 Å². The predicted molar refractivity (Wildman–Crippen MR) is 69.0 cm³/mol. The Morgan fingerprint density at radius 2 is 1.94 bits per heavy atom. The molecule has 1 amide bonds. The van der Waals surface area contributed by atoms with Crippen LogP contribution < -0.4 is 5.32 Å². The SMILES string of the molecule is CCOC(=O)NCCS(=O)(=O)Cc1ccccc1. The number of amides is 1. The fraction of sp³-hybridized carbons (Fsp3) is 0.417. The lowest BCUT2D eigenvalue weighted by Gasteiger charge is -2.06. The number of rotatable bonds is 6. The van der Waals surface area contributed by atoms with Crippen LogP contribution in [0.4, 0.5) is 4.79 Å². The molecule has 1 rings (SSSR count). The number of ether oxygens (including phenoxy) is 1. The van der Waals surface area contributed by atoms with Gasteiger partial charge in [0.2, 0.25) is 0 Å². The van der Waals surface area contributed by atoms with E-state index in [0.29, 0.717) is 0 Å². The van der Waals surface area contributed by atoms with Gasteiger partial charge in [-0.3, -0.25) is 0 Å². The molecule has 1 aromatic rings. The Labute approximate surface area is 107 Å². The largest absolute Gasteiger partial charge is 0.450 e. The lowest BCUT2D eigenvalue weighted by molar-refractivity contribution is 0.153. The second-order valence-corrected chi connectivity index (χ2v) is 5.91. The highest BCUT2D eigenvalue weighted by molar-refractivity contribution is 7.90. The summed E-state index contributed by atoms with van der Waals surface area (Å²) < 4.78 is 28.1. The van der Waals surface area contributed by atoms with Crippen molar-refractivity contribution in [2.24, 2.45) is 0 Å². The van der Waals surface area contributed by atoms with Gasteiger partial charge in [-0.1, -0.05) is 30.3 Å². The molecule has 0 saturated heterocycles. The molecule has 5 nitrogen and oxygen atoms in total. The summed E-state index contributed by atoms with van der Waals surface area (Å²) in [5, 5.41) is 2.39. The van der Waals surface area contributed by atoms with Crippen molar-refractivity contribution >= 4 is 15.9 Å². The lowest BCUT2D eigenvalue weighted by atomic mass is 10.2. The van der Waals surface area contributed by atoms with Crippen LogP contribution in [0.5, 0.6) is 0 Å². The third kappa shape index (κ3) is 5.67. The highest BCUT2D eigenvalue weighted by Gasteiger charge is 2.12. The summed E-state index contributed by atoms with van der Waals surface area (Å²) in [6.45, 7) is 2.02. The zero-order valence-electron chi connectivity index (χ0n) is 10.3. The summed E-state index contributed by atoms with van der Waals surface area (Å²) in [4.78, 5) is 11.0. The van der Waals surface area contributed by atoms with Crippen LogP contribution >= 0.6 is 0 Å². The van der Waals surface area contributed by atoms with Gasteiger partial charge in [0.15, 0.2) is 9.84 Å². The first-order valence-electron chi connectivity index (χ1n) is 5.68. The van der Waals surface area contributed by atoms with E-state index in [0.717, 1.165) is 5.56 Å². The first kappa shape index (κ1) is 14.5. The van der Waals surface area contributed by atoms with Gasteiger partial charge in [0.25, 0.3) is 0 Å². The predicted octanol–water partition coefficient (Wildman–Crippen LogP) is 1.35. The topological polar surface area (TPSA) is 72.5 Å². The molecular formula is C12H17NO4S. The zero-order valence-corrected chi connectivity index (χ0v) is 11.1. The van der Waals surface area contributed by atoms with Crippen LogP contribution in [0.25, 0.3) is 0 Å². The molecule has 0 spiro atoms. The van der Waals surface area contributed by atoms with E-state index in [9.17, 15) is 13.2 Å². The molecule has 0 heterocycles. The molecule has 0 bridgehead atoms. The molecule has 0 aliphatic carbocycles. The average molecular weight is 271 g/mol. The Morgan fingerprint density at radius 3 is 2.56 bits per heavy atom. The van der Waals surface area contributed by atoms with E-state index in [2.05, 4.69) is 10.1 Å². The van der Waals surface area contributed by atoms with Crippen molar-refractivity contribution < 1.29 is 17.9 Å². The second-order valence-electron chi connectivity index (χ2n) is 3.72. The van der Waals surface area contributed by atoms with Crippen LogP contribution in [0.2, 0.25) is 0 Å². The summed E-state index contributed by atoms with van der Waals surface area (Å²) in [5.41, 5.74) is 0.744. The summed E-state index contributed by atoms with van der Waals surface area (Å²) in [6, 6.07) is 8.94. The number of nitrogens with one attached hydrogen (secondary N) is 1. The van der Waals surface area contributed by atoms with E-state index in [4.69, 9.17) is 0 Å². The van der Waals surface area contributed by atoms with Crippen molar-refractivity contribution in [2.75, 3.05) is 18.9 Å². The van der Waals surface area contributed by atoms with Crippen molar-refractivity contribution in [1.82, 2.24) is 5.32 Å². The smallest absolute Gasteiger partial charge is 0.407 e. The van der Waals surface area contributed by atoms with E-state index in [-0.39, 0.29) is 24.7 Å².